The highest BCUT2D eigenvalue weighted by Crippen LogP contribution is 2.20. The van der Waals surface area contributed by atoms with Crippen molar-refractivity contribution in [2.75, 3.05) is 16.8 Å². The van der Waals surface area contributed by atoms with Crippen molar-refractivity contribution in [1.29, 1.82) is 0 Å². The average molecular weight is 359 g/mol. The highest BCUT2D eigenvalue weighted by molar-refractivity contribution is 8.00. The maximum absolute atomic E-state index is 11.7. The minimum Gasteiger partial charge on any atom is -0.508 e. The van der Waals surface area contributed by atoms with E-state index < -0.39 is 0 Å². The van der Waals surface area contributed by atoms with Crippen molar-refractivity contribution < 1.29 is 19.8 Å². The van der Waals surface area contributed by atoms with Crippen molar-refractivity contribution in [3.63, 3.8) is 0 Å². The van der Waals surface area contributed by atoms with Gasteiger partial charge in [0, 0.05) is 17.3 Å². The summed E-state index contributed by atoms with van der Waals surface area (Å²) in [5.41, 5.74) is 3.36. The number of phenolic OH excluding ortho intramolecular Hbond substituents is 2. The summed E-state index contributed by atoms with van der Waals surface area (Å²) < 4.78 is 0. The maximum Gasteiger partial charge on any atom is 0.250 e. The predicted octanol–water partition coefficient (Wildman–Crippen LogP) is 1.92. The number of carbonyl (C=O) groups is 2. The lowest BCUT2D eigenvalue weighted by molar-refractivity contribution is -0.118. The fourth-order valence-electron chi connectivity index (χ4n) is 1.80. The number of para-hydroxylation sites is 1. The minimum atomic E-state index is -0.368. The zero-order valence-corrected chi connectivity index (χ0v) is 14.0. The number of benzene rings is 2. The number of rotatable bonds is 7. The molecule has 8 heteroatoms. The van der Waals surface area contributed by atoms with E-state index in [1.54, 1.807) is 12.1 Å². The molecule has 0 atom stereocenters. The number of aromatic hydroxyl groups is 2. The Morgan fingerprint density at radius 1 is 1.04 bits per heavy atom. The minimum absolute atomic E-state index is 0.0659. The molecule has 0 saturated carbocycles. The molecule has 130 valence electrons. The van der Waals surface area contributed by atoms with Crippen LogP contribution in [0.5, 0.6) is 11.5 Å². The fourth-order valence-corrected chi connectivity index (χ4v) is 2.41. The van der Waals surface area contributed by atoms with Crippen LogP contribution in [0.3, 0.4) is 0 Å². The molecule has 0 aliphatic heterocycles. The molecule has 0 aliphatic rings. The number of carbonyl (C=O) groups excluding carboxylic acids is 2. The second kappa shape index (κ2) is 9.33. The summed E-state index contributed by atoms with van der Waals surface area (Å²) in [4.78, 5) is 23.3. The normalized spacial score (nSPS) is 10.6. The Labute approximate surface area is 148 Å². The molecule has 2 aromatic rings. The van der Waals surface area contributed by atoms with Gasteiger partial charge in [-0.3, -0.25) is 9.59 Å². The van der Waals surface area contributed by atoms with Gasteiger partial charge in [-0.05, 0) is 24.3 Å². The van der Waals surface area contributed by atoms with E-state index in [0.717, 1.165) is 11.8 Å². The van der Waals surface area contributed by atoms with Crippen molar-refractivity contribution in [3.8, 4) is 11.5 Å². The van der Waals surface area contributed by atoms with E-state index in [0.29, 0.717) is 11.3 Å². The van der Waals surface area contributed by atoms with Crippen LogP contribution < -0.4 is 10.7 Å². The van der Waals surface area contributed by atoms with Crippen molar-refractivity contribution >= 4 is 35.5 Å². The Morgan fingerprint density at radius 2 is 1.76 bits per heavy atom. The number of nitrogens with one attached hydrogen (secondary N) is 2. The Balaban J connectivity index is 1.68. The van der Waals surface area contributed by atoms with Gasteiger partial charge in [-0.2, -0.15) is 5.10 Å². The number of nitrogens with zero attached hydrogens (tertiary/aromatic N) is 1. The molecule has 0 spiro atoms. The fraction of sp³-hybridized carbons (Fsp3) is 0.118. The van der Waals surface area contributed by atoms with E-state index >= 15 is 0 Å². The van der Waals surface area contributed by atoms with Gasteiger partial charge in [0.25, 0.3) is 0 Å². The molecule has 0 aromatic heterocycles. The first-order chi connectivity index (χ1) is 12.0. The summed E-state index contributed by atoms with van der Waals surface area (Å²) in [6.45, 7) is 0. The molecule has 0 saturated heterocycles. The van der Waals surface area contributed by atoms with E-state index in [1.165, 1.54) is 24.4 Å². The van der Waals surface area contributed by atoms with Crippen molar-refractivity contribution in [2.24, 2.45) is 5.10 Å². The van der Waals surface area contributed by atoms with Gasteiger partial charge in [-0.15, -0.1) is 11.8 Å². The van der Waals surface area contributed by atoms with Crippen LogP contribution in [0.25, 0.3) is 0 Å². The number of amides is 2. The van der Waals surface area contributed by atoms with Gasteiger partial charge in [0.2, 0.25) is 11.8 Å². The van der Waals surface area contributed by atoms with Crippen LogP contribution in [0, 0.1) is 0 Å². The number of anilines is 1. The lowest BCUT2D eigenvalue weighted by Gasteiger charge is -2.04. The van der Waals surface area contributed by atoms with Crippen molar-refractivity contribution in [3.05, 3.63) is 54.1 Å². The van der Waals surface area contributed by atoms with Gasteiger partial charge < -0.3 is 15.5 Å². The zero-order valence-electron chi connectivity index (χ0n) is 13.2. The maximum atomic E-state index is 11.7. The average Bonchev–Trinajstić information content (AvgIpc) is 2.58. The molecular formula is C17H17N3O4S. The molecule has 2 rings (SSSR count). The van der Waals surface area contributed by atoms with Crippen LogP contribution in [-0.4, -0.2) is 39.7 Å². The van der Waals surface area contributed by atoms with Gasteiger partial charge in [0.15, 0.2) is 0 Å². The Morgan fingerprint density at radius 3 is 2.48 bits per heavy atom. The summed E-state index contributed by atoms with van der Waals surface area (Å²) in [6, 6.07) is 13.1. The van der Waals surface area contributed by atoms with Crippen LogP contribution in [0.1, 0.15) is 5.56 Å². The van der Waals surface area contributed by atoms with Crippen LogP contribution in [0.15, 0.2) is 53.6 Å². The molecule has 0 bridgehead atoms. The molecule has 0 unspecified atom stereocenters. The Bertz CT molecular complexity index is 766. The monoisotopic (exact) mass is 359 g/mol. The Hall–Kier alpha value is -3.00. The smallest absolute Gasteiger partial charge is 0.250 e. The summed E-state index contributed by atoms with van der Waals surface area (Å²) in [5.74, 6) is -0.561. The van der Waals surface area contributed by atoms with E-state index in [4.69, 9.17) is 0 Å². The molecule has 7 nitrogen and oxygen atoms in total. The van der Waals surface area contributed by atoms with E-state index in [-0.39, 0.29) is 34.8 Å². The number of hydrogen-bond donors (Lipinski definition) is 4. The number of phenols is 2. The van der Waals surface area contributed by atoms with Crippen LogP contribution in [0.4, 0.5) is 5.69 Å². The first-order valence-electron chi connectivity index (χ1n) is 7.31. The zero-order chi connectivity index (χ0) is 18.1. The SMILES string of the molecule is O=C(CSCC(=O)Nc1ccccc1)NN=Cc1ccc(O)cc1O. The molecule has 0 fully saturated rings. The molecule has 2 amide bonds. The third-order valence-corrected chi connectivity index (χ3v) is 3.86. The molecule has 0 radical (unpaired) electrons. The Kier molecular flexibility index (Phi) is 6.85. The summed E-state index contributed by atoms with van der Waals surface area (Å²) in [6.07, 6.45) is 1.26. The standard InChI is InChI=1S/C17H17N3O4S/c21-14-7-6-12(15(22)8-14)9-18-20-17(24)11-25-10-16(23)19-13-4-2-1-3-5-13/h1-9,21-22H,10-11H2,(H,19,23)(H,20,24). The van der Waals surface area contributed by atoms with Crippen LogP contribution in [0.2, 0.25) is 0 Å². The van der Waals surface area contributed by atoms with E-state index in [9.17, 15) is 19.8 Å². The van der Waals surface area contributed by atoms with Gasteiger partial charge in [0.1, 0.15) is 11.5 Å². The lowest BCUT2D eigenvalue weighted by atomic mass is 10.2. The lowest BCUT2D eigenvalue weighted by Crippen LogP contribution is -2.21. The van der Waals surface area contributed by atoms with Crippen LogP contribution in [-0.2, 0) is 9.59 Å². The van der Waals surface area contributed by atoms with Crippen molar-refractivity contribution in [2.45, 2.75) is 0 Å². The van der Waals surface area contributed by atoms with Crippen LogP contribution >= 0.6 is 11.8 Å². The third-order valence-electron chi connectivity index (χ3n) is 2.93. The topological polar surface area (TPSA) is 111 Å². The first-order valence-corrected chi connectivity index (χ1v) is 8.46. The highest BCUT2D eigenvalue weighted by atomic mass is 32.2. The van der Waals surface area contributed by atoms with Gasteiger partial charge in [-0.25, -0.2) is 5.43 Å². The van der Waals surface area contributed by atoms with Crippen molar-refractivity contribution in [1.82, 2.24) is 5.43 Å². The molecule has 0 heterocycles. The number of hydrogen-bond acceptors (Lipinski definition) is 6. The van der Waals surface area contributed by atoms with E-state index in [1.807, 2.05) is 18.2 Å². The number of thioether (sulfide) groups is 1. The van der Waals surface area contributed by atoms with Gasteiger partial charge in [-0.1, -0.05) is 18.2 Å². The molecule has 4 N–H and O–H groups in total. The van der Waals surface area contributed by atoms with E-state index in [2.05, 4.69) is 15.8 Å². The largest absolute Gasteiger partial charge is 0.508 e. The highest BCUT2D eigenvalue weighted by Gasteiger charge is 2.05. The predicted molar refractivity (Wildman–Crippen MR) is 97.9 cm³/mol. The van der Waals surface area contributed by atoms with Gasteiger partial charge >= 0.3 is 0 Å². The second-order valence-electron chi connectivity index (χ2n) is 4.94. The molecule has 0 aliphatic carbocycles. The quantitative estimate of drug-likeness (QED) is 0.446. The molecular weight excluding hydrogens is 342 g/mol. The summed E-state index contributed by atoms with van der Waals surface area (Å²) in [5, 5.41) is 25.2. The molecule has 25 heavy (non-hydrogen) atoms. The second-order valence-corrected chi connectivity index (χ2v) is 5.93. The first kappa shape index (κ1) is 18.3. The summed E-state index contributed by atoms with van der Waals surface area (Å²) in [7, 11) is 0. The third kappa shape index (κ3) is 6.56. The molecule has 2 aromatic carbocycles. The summed E-state index contributed by atoms with van der Waals surface area (Å²) >= 11 is 1.16. The van der Waals surface area contributed by atoms with Gasteiger partial charge in [0.05, 0.1) is 17.7 Å². The number of hydrazone groups is 1.